The number of hydrogen-bond acceptors (Lipinski definition) is 3. The van der Waals surface area contributed by atoms with Gasteiger partial charge >= 0.3 is 5.97 Å². The number of carbonyl (C=O) groups is 2. The van der Waals surface area contributed by atoms with Gasteiger partial charge in [0, 0.05) is 5.02 Å². The van der Waals surface area contributed by atoms with E-state index in [1.165, 1.54) is 6.92 Å². The van der Waals surface area contributed by atoms with Crippen LogP contribution in [0.25, 0.3) is 0 Å². The van der Waals surface area contributed by atoms with E-state index in [1.54, 1.807) is 19.1 Å². The third-order valence-electron chi connectivity index (χ3n) is 3.10. The summed E-state index contributed by atoms with van der Waals surface area (Å²) in [4.78, 5) is 23.4. The van der Waals surface area contributed by atoms with Crippen LogP contribution in [0.15, 0.2) is 24.3 Å². The lowest BCUT2D eigenvalue weighted by molar-refractivity contribution is -0.159. The second-order valence-electron chi connectivity index (χ2n) is 4.54. The fraction of sp³-hybridized carbons (Fsp3) is 0.429. The predicted octanol–water partition coefficient (Wildman–Crippen LogP) is 2.33. The molecule has 5 heteroatoms. The molecule has 0 fully saturated rings. The van der Waals surface area contributed by atoms with Crippen molar-refractivity contribution in [2.75, 3.05) is 6.61 Å². The van der Waals surface area contributed by atoms with Crippen molar-refractivity contribution in [3.05, 3.63) is 34.9 Å². The summed E-state index contributed by atoms with van der Waals surface area (Å²) in [6.07, 6.45) is 0.859. The van der Waals surface area contributed by atoms with Crippen molar-refractivity contribution in [1.29, 1.82) is 0 Å². The Morgan fingerprint density at radius 2 is 1.89 bits per heavy atom. The summed E-state index contributed by atoms with van der Waals surface area (Å²) in [7, 11) is 0. The fourth-order valence-corrected chi connectivity index (χ4v) is 1.79. The summed E-state index contributed by atoms with van der Waals surface area (Å²) < 4.78 is 4.91. The molecule has 1 unspecified atom stereocenters. The molecule has 2 N–H and O–H groups in total. The zero-order valence-corrected chi connectivity index (χ0v) is 11.9. The molecule has 0 heterocycles. The molecule has 0 saturated carbocycles. The Hall–Kier alpha value is -1.55. The molecule has 1 rings (SSSR count). The number of ether oxygens (including phenoxy) is 1. The van der Waals surface area contributed by atoms with E-state index in [4.69, 9.17) is 22.1 Å². The van der Waals surface area contributed by atoms with Crippen LogP contribution in [-0.2, 0) is 20.7 Å². The summed E-state index contributed by atoms with van der Waals surface area (Å²) in [5.74, 6) is -1.24. The van der Waals surface area contributed by atoms with Gasteiger partial charge in [-0.15, -0.1) is 0 Å². The van der Waals surface area contributed by atoms with Crippen LogP contribution in [0.1, 0.15) is 25.8 Å². The summed E-state index contributed by atoms with van der Waals surface area (Å²) in [5, 5.41) is 0.645. The molecule has 0 aromatic heterocycles. The predicted molar refractivity (Wildman–Crippen MR) is 73.7 cm³/mol. The monoisotopic (exact) mass is 283 g/mol. The second-order valence-corrected chi connectivity index (χ2v) is 4.98. The van der Waals surface area contributed by atoms with Crippen LogP contribution < -0.4 is 5.73 Å². The van der Waals surface area contributed by atoms with Crippen LogP contribution in [0, 0.1) is 5.41 Å². The molecule has 104 valence electrons. The van der Waals surface area contributed by atoms with Crippen molar-refractivity contribution in [3.8, 4) is 0 Å². The first kappa shape index (κ1) is 15.5. The SMILES string of the molecule is CCOC(=O)C(C)(CCc1ccc(Cl)cc1)C(N)=O. The molecule has 0 aliphatic rings. The molecule has 19 heavy (non-hydrogen) atoms. The van der Waals surface area contributed by atoms with E-state index < -0.39 is 17.3 Å². The Morgan fingerprint density at radius 1 is 1.32 bits per heavy atom. The maximum absolute atomic E-state index is 11.8. The molecule has 0 radical (unpaired) electrons. The molecule has 0 aliphatic heterocycles. The van der Waals surface area contributed by atoms with Gasteiger partial charge < -0.3 is 10.5 Å². The minimum Gasteiger partial charge on any atom is -0.465 e. The van der Waals surface area contributed by atoms with Crippen LogP contribution >= 0.6 is 11.6 Å². The van der Waals surface area contributed by atoms with Crippen molar-refractivity contribution >= 4 is 23.5 Å². The number of esters is 1. The Morgan fingerprint density at radius 3 is 2.37 bits per heavy atom. The maximum atomic E-state index is 11.8. The Balaban J connectivity index is 2.77. The topological polar surface area (TPSA) is 69.4 Å². The van der Waals surface area contributed by atoms with Crippen LogP contribution in [-0.4, -0.2) is 18.5 Å². The highest BCUT2D eigenvalue weighted by Gasteiger charge is 2.40. The van der Waals surface area contributed by atoms with Crippen LogP contribution in [0.4, 0.5) is 0 Å². The molecule has 0 spiro atoms. The van der Waals surface area contributed by atoms with Gasteiger partial charge in [-0.25, -0.2) is 0 Å². The van der Waals surface area contributed by atoms with Gasteiger partial charge in [-0.1, -0.05) is 23.7 Å². The Bertz CT molecular complexity index is 458. The van der Waals surface area contributed by atoms with Crippen molar-refractivity contribution in [1.82, 2.24) is 0 Å². The van der Waals surface area contributed by atoms with Gasteiger partial charge in [-0.3, -0.25) is 9.59 Å². The molecule has 1 amide bonds. The fourth-order valence-electron chi connectivity index (χ4n) is 1.66. The van der Waals surface area contributed by atoms with E-state index in [1.807, 2.05) is 12.1 Å². The number of rotatable bonds is 6. The normalized spacial score (nSPS) is 13.6. The first-order valence-corrected chi connectivity index (χ1v) is 6.49. The van der Waals surface area contributed by atoms with Crippen molar-refractivity contribution in [2.24, 2.45) is 11.1 Å². The van der Waals surface area contributed by atoms with E-state index in [-0.39, 0.29) is 6.61 Å². The van der Waals surface area contributed by atoms with Gasteiger partial charge in [0.2, 0.25) is 5.91 Å². The molecular formula is C14H18ClNO3. The molecule has 1 atom stereocenters. The molecule has 0 aliphatic carbocycles. The third kappa shape index (κ3) is 3.96. The number of amides is 1. The standard InChI is InChI=1S/C14H18ClNO3/c1-3-19-13(18)14(2,12(16)17)9-8-10-4-6-11(15)7-5-10/h4-7H,3,8-9H2,1-2H3,(H2,16,17). The van der Waals surface area contributed by atoms with Gasteiger partial charge in [0.05, 0.1) is 6.61 Å². The number of nitrogens with two attached hydrogens (primary N) is 1. The maximum Gasteiger partial charge on any atom is 0.321 e. The highest BCUT2D eigenvalue weighted by Crippen LogP contribution is 2.25. The number of halogens is 1. The van der Waals surface area contributed by atoms with Crippen molar-refractivity contribution in [3.63, 3.8) is 0 Å². The van der Waals surface area contributed by atoms with Gasteiger partial charge in [0.25, 0.3) is 0 Å². The Kier molecular flexibility index (Phi) is 5.36. The van der Waals surface area contributed by atoms with Gasteiger partial charge in [0.1, 0.15) is 5.41 Å². The van der Waals surface area contributed by atoms with Crippen LogP contribution in [0.3, 0.4) is 0 Å². The number of primary amides is 1. The van der Waals surface area contributed by atoms with Gasteiger partial charge in [-0.2, -0.15) is 0 Å². The molecule has 0 saturated heterocycles. The Labute approximate surface area is 117 Å². The largest absolute Gasteiger partial charge is 0.465 e. The lowest BCUT2D eigenvalue weighted by Crippen LogP contribution is -2.43. The number of hydrogen-bond donors (Lipinski definition) is 1. The minimum atomic E-state index is -1.30. The van der Waals surface area contributed by atoms with E-state index >= 15 is 0 Å². The highest BCUT2D eigenvalue weighted by molar-refractivity contribution is 6.30. The molecule has 0 bridgehead atoms. The zero-order valence-electron chi connectivity index (χ0n) is 11.1. The summed E-state index contributed by atoms with van der Waals surface area (Å²) in [6.45, 7) is 3.43. The van der Waals surface area contributed by atoms with E-state index in [0.29, 0.717) is 17.9 Å². The smallest absolute Gasteiger partial charge is 0.321 e. The average Bonchev–Trinajstić information content (AvgIpc) is 2.37. The zero-order chi connectivity index (χ0) is 14.5. The molecule has 1 aromatic carbocycles. The van der Waals surface area contributed by atoms with Crippen LogP contribution in [0.2, 0.25) is 5.02 Å². The van der Waals surface area contributed by atoms with E-state index in [9.17, 15) is 9.59 Å². The van der Waals surface area contributed by atoms with Crippen molar-refractivity contribution in [2.45, 2.75) is 26.7 Å². The first-order chi connectivity index (χ1) is 8.90. The lowest BCUT2D eigenvalue weighted by Gasteiger charge is -2.23. The third-order valence-corrected chi connectivity index (χ3v) is 3.35. The summed E-state index contributed by atoms with van der Waals surface area (Å²) >= 11 is 5.80. The molecular weight excluding hydrogens is 266 g/mol. The van der Waals surface area contributed by atoms with Crippen LogP contribution in [0.5, 0.6) is 0 Å². The number of aryl methyl sites for hydroxylation is 1. The van der Waals surface area contributed by atoms with Gasteiger partial charge in [-0.05, 0) is 44.4 Å². The van der Waals surface area contributed by atoms with E-state index in [0.717, 1.165) is 5.56 Å². The summed E-state index contributed by atoms with van der Waals surface area (Å²) in [5.41, 5.74) is 5.02. The van der Waals surface area contributed by atoms with Crippen molar-refractivity contribution < 1.29 is 14.3 Å². The summed E-state index contributed by atoms with van der Waals surface area (Å²) in [6, 6.07) is 7.25. The number of carbonyl (C=O) groups excluding carboxylic acids is 2. The first-order valence-electron chi connectivity index (χ1n) is 6.11. The lowest BCUT2D eigenvalue weighted by atomic mass is 9.83. The van der Waals surface area contributed by atoms with E-state index in [2.05, 4.69) is 0 Å². The average molecular weight is 284 g/mol. The number of benzene rings is 1. The van der Waals surface area contributed by atoms with Gasteiger partial charge in [0.15, 0.2) is 0 Å². The highest BCUT2D eigenvalue weighted by atomic mass is 35.5. The quantitative estimate of drug-likeness (QED) is 0.643. The molecule has 4 nitrogen and oxygen atoms in total. The minimum absolute atomic E-state index is 0.225. The molecule has 1 aromatic rings. The second kappa shape index (κ2) is 6.57.